The third-order valence-corrected chi connectivity index (χ3v) is 3.61. The summed E-state index contributed by atoms with van der Waals surface area (Å²) in [4.78, 5) is 25.6. The number of aryl methyl sites for hydroxylation is 1. The molecule has 1 aromatic rings. The Kier molecular flexibility index (Phi) is 4.24. The van der Waals surface area contributed by atoms with Gasteiger partial charge in [0.05, 0.1) is 13.4 Å². The zero-order chi connectivity index (χ0) is 13.8. The maximum Gasteiger partial charge on any atom is 0.325 e. The third kappa shape index (κ3) is 2.97. The Morgan fingerprint density at radius 3 is 2.63 bits per heavy atom. The molecule has 0 atom stereocenters. The highest BCUT2D eigenvalue weighted by atomic mass is 16.5. The Balaban J connectivity index is 2.18. The SMILES string of the molecule is COC(=O)CN(C(=O)c1occc1C)C1CCCC1. The first-order chi connectivity index (χ1) is 9.13. The van der Waals surface area contributed by atoms with Crippen molar-refractivity contribution in [1.29, 1.82) is 0 Å². The molecule has 0 unspecified atom stereocenters. The summed E-state index contributed by atoms with van der Waals surface area (Å²) in [7, 11) is 1.33. The van der Waals surface area contributed by atoms with Gasteiger partial charge in [0.25, 0.3) is 5.91 Å². The average molecular weight is 265 g/mol. The smallest absolute Gasteiger partial charge is 0.325 e. The normalized spacial score (nSPS) is 15.5. The molecule has 1 saturated carbocycles. The van der Waals surface area contributed by atoms with Crippen molar-refractivity contribution in [1.82, 2.24) is 4.90 Å². The fourth-order valence-corrected chi connectivity index (χ4v) is 2.51. The lowest BCUT2D eigenvalue weighted by atomic mass is 10.1. The molecular weight excluding hydrogens is 246 g/mol. The lowest BCUT2D eigenvalue weighted by molar-refractivity contribution is -0.141. The zero-order valence-corrected chi connectivity index (χ0v) is 11.3. The number of rotatable bonds is 4. The molecule has 1 aliphatic rings. The van der Waals surface area contributed by atoms with Gasteiger partial charge in [-0.2, -0.15) is 0 Å². The fourth-order valence-electron chi connectivity index (χ4n) is 2.51. The highest BCUT2D eigenvalue weighted by Crippen LogP contribution is 2.25. The van der Waals surface area contributed by atoms with Crippen molar-refractivity contribution in [2.24, 2.45) is 0 Å². The van der Waals surface area contributed by atoms with E-state index in [9.17, 15) is 9.59 Å². The van der Waals surface area contributed by atoms with E-state index in [0.717, 1.165) is 31.2 Å². The number of amides is 1. The Morgan fingerprint density at radius 1 is 1.42 bits per heavy atom. The molecule has 1 fully saturated rings. The summed E-state index contributed by atoms with van der Waals surface area (Å²) in [6.45, 7) is 1.81. The van der Waals surface area contributed by atoms with Gasteiger partial charge in [-0.05, 0) is 25.8 Å². The van der Waals surface area contributed by atoms with Gasteiger partial charge in [-0.15, -0.1) is 0 Å². The molecule has 1 heterocycles. The molecule has 5 heteroatoms. The first kappa shape index (κ1) is 13.6. The minimum atomic E-state index is -0.399. The maximum atomic E-state index is 12.5. The number of furan rings is 1. The van der Waals surface area contributed by atoms with Crippen LogP contribution in [0.4, 0.5) is 0 Å². The Hall–Kier alpha value is -1.78. The van der Waals surface area contributed by atoms with E-state index in [4.69, 9.17) is 4.42 Å². The molecule has 0 N–H and O–H groups in total. The van der Waals surface area contributed by atoms with E-state index in [1.165, 1.54) is 13.4 Å². The summed E-state index contributed by atoms with van der Waals surface area (Å²) < 4.78 is 9.91. The molecule has 0 aliphatic heterocycles. The van der Waals surface area contributed by atoms with Crippen molar-refractivity contribution in [3.63, 3.8) is 0 Å². The highest BCUT2D eigenvalue weighted by molar-refractivity contribution is 5.95. The Labute approximate surface area is 112 Å². The van der Waals surface area contributed by atoms with Gasteiger partial charge in [-0.25, -0.2) is 0 Å². The molecule has 0 saturated heterocycles. The zero-order valence-electron chi connectivity index (χ0n) is 11.3. The second-order valence-electron chi connectivity index (χ2n) is 4.88. The van der Waals surface area contributed by atoms with Crippen molar-refractivity contribution in [3.8, 4) is 0 Å². The van der Waals surface area contributed by atoms with E-state index in [1.807, 2.05) is 6.92 Å². The van der Waals surface area contributed by atoms with Crippen LogP contribution in [0.1, 0.15) is 41.8 Å². The molecule has 1 aromatic heterocycles. The quantitative estimate of drug-likeness (QED) is 0.783. The molecule has 0 bridgehead atoms. The molecule has 1 amide bonds. The molecule has 0 spiro atoms. The standard InChI is InChI=1S/C14H19NO4/c1-10-7-8-19-13(10)14(17)15(9-12(16)18-2)11-5-3-4-6-11/h7-8,11H,3-6,9H2,1-2H3. The Bertz CT molecular complexity index is 460. The minimum Gasteiger partial charge on any atom is -0.468 e. The second-order valence-corrected chi connectivity index (χ2v) is 4.88. The third-order valence-electron chi connectivity index (χ3n) is 3.61. The van der Waals surface area contributed by atoms with Crippen molar-refractivity contribution < 1.29 is 18.7 Å². The van der Waals surface area contributed by atoms with Crippen LogP contribution in [0.3, 0.4) is 0 Å². The van der Waals surface area contributed by atoms with Crippen LogP contribution in [0.5, 0.6) is 0 Å². The molecular formula is C14H19NO4. The molecule has 2 rings (SSSR count). The number of hydrogen-bond donors (Lipinski definition) is 0. The summed E-state index contributed by atoms with van der Waals surface area (Å²) in [5.41, 5.74) is 0.790. The van der Waals surface area contributed by atoms with Gasteiger partial charge in [0.15, 0.2) is 5.76 Å². The van der Waals surface area contributed by atoms with Crippen LogP contribution in [0.15, 0.2) is 16.7 Å². The first-order valence-corrected chi connectivity index (χ1v) is 6.55. The predicted octanol–water partition coefficient (Wildman–Crippen LogP) is 2.15. The monoisotopic (exact) mass is 265 g/mol. The summed E-state index contributed by atoms with van der Waals surface area (Å²) in [5.74, 6) is -0.305. The summed E-state index contributed by atoms with van der Waals surface area (Å²) in [6, 6.07) is 1.86. The second kappa shape index (κ2) is 5.91. The van der Waals surface area contributed by atoms with Crippen LogP contribution >= 0.6 is 0 Å². The lowest BCUT2D eigenvalue weighted by Crippen LogP contribution is -2.42. The van der Waals surface area contributed by atoms with Crippen LogP contribution in [-0.4, -0.2) is 36.5 Å². The van der Waals surface area contributed by atoms with Crippen LogP contribution in [0.25, 0.3) is 0 Å². The number of carbonyl (C=O) groups excluding carboxylic acids is 2. The lowest BCUT2D eigenvalue weighted by Gasteiger charge is -2.27. The molecule has 19 heavy (non-hydrogen) atoms. The first-order valence-electron chi connectivity index (χ1n) is 6.55. The van der Waals surface area contributed by atoms with Gasteiger partial charge in [0, 0.05) is 11.6 Å². The number of esters is 1. The predicted molar refractivity (Wildman–Crippen MR) is 68.8 cm³/mol. The van der Waals surface area contributed by atoms with Gasteiger partial charge >= 0.3 is 5.97 Å². The van der Waals surface area contributed by atoms with Crippen molar-refractivity contribution in [3.05, 3.63) is 23.7 Å². The van der Waals surface area contributed by atoms with Crippen molar-refractivity contribution in [2.75, 3.05) is 13.7 Å². The molecule has 1 aliphatic carbocycles. The van der Waals surface area contributed by atoms with E-state index in [0.29, 0.717) is 5.76 Å². The molecule has 0 aromatic carbocycles. The van der Waals surface area contributed by atoms with Crippen molar-refractivity contribution in [2.45, 2.75) is 38.6 Å². The number of nitrogens with zero attached hydrogens (tertiary/aromatic N) is 1. The largest absolute Gasteiger partial charge is 0.468 e. The summed E-state index contributed by atoms with van der Waals surface area (Å²) in [5, 5.41) is 0. The average Bonchev–Trinajstić information content (AvgIpc) is 3.05. The van der Waals surface area contributed by atoms with Gasteiger partial charge in [0.1, 0.15) is 6.54 Å². The van der Waals surface area contributed by atoms with Crippen molar-refractivity contribution >= 4 is 11.9 Å². The van der Waals surface area contributed by atoms with Gasteiger partial charge < -0.3 is 14.1 Å². The van der Waals surface area contributed by atoms with E-state index >= 15 is 0 Å². The maximum absolute atomic E-state index is 12.5. The van der Waals surface area contributed by atoms with E-state index in [2.05, 4.69) is 4.74 Å². The topological polar surface area (TPSA) is 59.8 Å². The van der Waals surface area contributed by atoms with Crippen LogP contribution < -0.4 is 0 Å². The van der Waals surface area contributed by atoms with E-state index in [-0.39, 0.29) is 18.5 Å². The summed E-state index contributed by atoms with van der Waals surface area (Å²) in [6.07, 6.45) is 5.54. The van der Waals surface area contributed by atoms with Crippen LogP contribution in [-0.2, 0) is 9.53 Å². The van der Waals surface area contributed by atoms with Gasteiger partial charge in [-0.1, -0.05) is 12.8 Å². The van der Waals surface area contributed by atoms with Gasteiger partial charge in [0.2, 0.25) is 0 Å². The van der Waals surface area contributed by atoms with Crippen LogP contribution in [0.2, 0.25) is 0 Å². The number of hydrogen-bond acceptors (Lipinski definition) is 4. The van der Waals surface area contributed by atoms with Gasteiger partial charge in [-0.3, -0.25) is 9.59 Å². The molecule has 104 valence electrons. The van der Waals surface area contributed by atoms with E-state index in [1.54, 1.807) is 11.0 Å². The minimum absolute atomic E-state index is 0.0137. The highest BCUT2D eigenvalue weighted by Gasteiger charge is 2.31. The Morgan fingerprint density at radius 2 is 2.11 bits per heavy atom. The number of ether oxygens (including phenoxy) is 1. The summed E-state index contributed by atoms with van der Waals surface area (Å²) >= 11 is 0. The molecule has 0 radical (unpaired) electrons. The fraction of sp³-hybridized carbons (Fsp3) is 0.571. The molecule has 5 nitrogen and oxygen atoms in total. The number of methoxy groups -OCH3 is 1. The van der Waals surface area contributed by atoms with Crippen LogP contribution in [0, 0.1) is 6.92 Å². The van der Waals surface area contributed by atoms with E-state index < -0.39 is 5.97 Å². The number of carbonyl (C=O) groups is 2.